The lowest BCUT2D eigenvalue weighted by atomic mass is 10.1. The van der Waals surface area contributed by atoms with Crippen LogP contribution >= 0.6 is 11.6 Å². The molecule has 0 aliphatic rings. The van der Waals surface area contributed by atoms with E-state index >= 15 is 0 Å². The summed E-state index contributed by atoms with van der Waals surface area (Å²) >= 11 is 5.71. The van der Waals surface area contributed by atoms with Gasteiger partial charge in [-0.05, 0) is 42.8 Å². The summed E-state index contributed by atoms with van der Waals surface area (Å²) in [6.45, 7) is 1.75. The molecule has 0 bridgehead atoms. The minimum absolute atomic E-state index is 0.100. The molecular weight excluding hydrogens is 290 g/mol. The fourth-order valence-electron chi connectivity index (χ4n) is 1.72. The van der Waals surface area contributed by atoms with Gasteiger partial charge in [0.15, 0.2) is 0 Å². The van der Waals surface area contributed by atoms with Crippen molar-refractivity contribution >= 4 is 28.9 Å². The molecule has 0 saturated heterocycles. The summed E-state index contributed by atoms with van der Waals surface area (Å²) in [6, 6.07) is 11.4. The highest BCUT2D eigenvalue weighted by Gasteiger charge is 2.10. The Hall–Kier alpha value is -2.53. The van der Waals surface area contributed by atoms with Gasteiger partial charge in [-0.25, -0.2) is 5.43 Å². The number of halogens is 1. The van der Waals surface area contributed by atoms with E-state index in [1.807, 2.05) is 6.07 Å². The number of hydrogen-bond donors (Lipinski definition) is 3. The zero-order chi connectivity index (χ0) is 15.4. The van der Waals surface area contributed by atoms with Gasteiger partial charge in [0.25, 0.3) is 5.91 Å². The van der Waals surface area contributed by atoms with Crippen LogP contribution in [0.1, 0.15) is 22.8 Å². The van der Waals surface area contributed by atoms with E-state index in [1.54, 1.807) is 25.1 Å². The van der Waals surface area contributed by atoms with Crippen LogP contribution in [-0.4, -0.2) is 16.7 Å². The van der Waals surface area contributed by atoms with Crippen molar-refractivity contribution < 1.29 is 9.90 Å². The number of carbonyl (C=O) groups is 1. The minimum Gasteiger partial charge on any atom is -0.507 e. The van der Waals surface area contributed by atoms with Crippen molar-refractivity contribution in [2.75, 3.05) is 5.73 Å². The Morgan fingerprint density at radius 2 is 2.05 bits per heavy atom. The van der Waals surface area contributed by atoms with Crippen LogP contribution in [0.15, 0.2) is 47.6 Å². The number of carbonyl (C=O) groups excluding carboxylic acids is 1. The maximum absolute atomic E-state index is 11.9. The van der Waals surface area contributed by atoms with Crippen LogP contribution in [0.4, 0.5) is 5.69 Å². The van der Waals surface area contributed by atoms with Crippen molar-refractivity contribution in [1.29, 1.82) is 0 Å². The molecule has 5 nitrogen and oxygen atoms in total. The number of nitrogen functional groups attached to an aromatic ring is 1. The summed E-state index contributed by atoms with van der Waals surface area (Å²) in [5.41, 5.74) is 10.2. The van der Waals surface area contributed by atoms with Crippen molar-refractivity contribution in [3.63, 3.8) is 0 Å². The second-order valence-electron chi connectivity index (χ2n) is 4.43. The van der Waals surface area contributed by atoms with E-state index in [2.05, 4.69) is 10.5 Å². The Bertz CT molecular complexity index is 714. The van der Waals surface area contributed by atoms with Crippen LogP contribution in [-0.2, 0) is 0 Å². The fourth-order valence-corrected chi connectivity index (χ4v) is 1.89. The average molecular weight is 304 g/mol. The zero-order valence-electron chi connectivity index (χ0n) is 11.3. The number of amides is 1. The quantitative estimate of drug-likeness (QED) is 0.463. The second kappa shape index (κ2) is 6.28. The highest BCUT2D eigenvalue weighted by Crippen LogP contribution is 2.21. The third kappa shape index (κ3) is 3.73. The zero-order valence-corrected chi connectivity index (χ0v) is 12.1. The van der Waals surface area contributed by atoms with E-state index in [9.17, 15) is 9.90 Å². The molecule has 21 heavy (non-hydrogen) atoms. The smallest absolute Gasteiger partial charge is 0.275 e. The Labute approximate surface area is 127 Å². The standard InChI is InChI=1S/C15H14ClN3O2/c1-9(10-3-2-4-12(17)7-10)18-19-15(21)13-6-5-11(16)8-14(13)20/h2-8,20H,17H2,1H3,(H,19,21)/b18-9+. The van der Waals surface area contributed by atoms with Gasteiger partial charge in [-0.2, -0.15) is 5.10 Å². The summed E-state index contributed by atoms with van der Waals surface area (Å²) in [7, 11) is 0. The monoisotopic (exact) mass is 303 g/mol. The molecule has 2 aromatic rings. The number of hydrogen-bond acceptors (Lipinski definition) is 4. The number of phenols is 1. The predicted molar refractivity (Wildman–Crippen MR) is 83.6 cm³/mol. The number of nitrogens with zero attached hydrogens (tertiary/aromatic N) is 1. The number of anilines is 1. The van der Waals surface area contributed by atoms with E-state index < -0.39 is 5.91 Å². The Morgan fingerprint density at radius 3 is 2.71 bits per heavy atom. The number of nitrogens with two attached hydrogens (primary N) is 1. The van der Waals surface area contributed by atoms with Gasteiger partial charge in [-0.1, -0.05) is 23.7 Å². The molecule has 0 saturated carbocycles. The average Bonchev–Trinajstić information content (AvgIpc) is 2.44. The molecule has 108 valence electrons. The van der Waals surface area contributed by atoms with Crippen molar-refractivity contribution in [2.24, 2.45) is 5.10 Å². The summed E-state index contributed by atoms with van der Waals surface area (Å²) in [4.78, 5) is 11.9. The van der Waals surface area contributed by atoms with Gasteiger partial charge >= 0.3 is 0 Å². The van der Waals surface area contributed by atoms with Crippen LogP contribution in [0.25, 0.3) is 0 Å². The van der Waals surface area contributed by atoms with Crippen LogP contribution in [0.5, 0.6) is 5.75 Å². The molecule has 0 fully saturated rings. The fraction of sp³-hybridized carbons (Fsp3) is 0.0667. The van der Waals surface area contributed by atoms with E-state index in [-0.39, 0.29) is 11.3 Å². The van der Waals surface area contributed by atoms with Gasteiger partial charge in [0.1, 0.15) is 5.75 Å². The molecule has 1 amide bonds. The summed E-state index contributed by atoms with van der Waals surface area (Å²) < 4.78 is 0. The first-order valence-corrected chi connectivity index (χ1v) is 6.54. The van der Waals surface area contributed by atoms with Crippen molar-refractivity contribution in [3.05, 3.63) is 58.6 Å². The summed E-state index contributed by atoms with van der Waals surface area (Å²) in [5, 5.41) is 14.0. The van der Waals surface area contributed by atoms with Gasteiger partial charge in [0.2, 0.25) is 0 Å². The number of hydrazone groups is 1. The first kappa shape index (κ1) is 14.9. The van der Waals surface area contributed by atoms with E-state index in [4.69, 9.17) is 17.3 Å². The van der Waals surface area contributed by atoms with E-state index in [1.165, 1.54) is 18.2 Å². The van der Waals surface area contributed by atoms with Crippen LogP contribution in [0.2, 0.25) is 5.02 Å². The molecule has 0 aliphatic heterocycles. The number of nitrogens with one attached hydrogen (secondary N) is 1. The lowest BCUT2D eigenvalue weighted by molar-refractivity contribution is 0.0952. The molecule has 2 rings (SSSR count). The SMILES string of the molecule is C/C(=N\NC(=O)c1ccc(Cl)cc1O)c1cccc(N)c1. The van der Waals surface area contributed by atoms with Gasteiger partial charge in [0, 0.05) is 10.7 Å². The molecule has 0 spiro atoms. The molecular formula is C15H14ClN3O2. The molecule has 0 radical (unpaired) electrons. The number of aromatic hydroxyl groups is 1. The first-order chi connectivity index (χ1) is 9.97. The highest BCUT2D eigenvalue weighted by atomic mass is 35.5. The molecule has 0 atom stereocenters. The van der Waals surface area contributed by atoms with Crippen LogP contribution in [0, 0.1) is 0 Å². The van der Waals surface area contributed by atoms with Gasteiger partial charge < -0.3 is 10.8 Å². The molecule has 2 aromatic carbocycles. The first-order valence-electron chi connectivity index (χ1n) is 6.16. The number of benzene rings is 2. The Balaban J connectivity index is 2.14. The summed E-state index contributed by atoms with van der Waals surface area (Å²) in [5.74, 6) is -0.718. The van der Waals surface area contributed by atoms with Gasteiger partial charge in [-0.3, -0.25) is 4.79 Å². The number of phenolic OH excluding ortho intramolecular Hbond substituents is 1. The summed E-state index contributed by atoms with van der Waals surface area (Å²) in [6.07, 6.45) is 0. The minimum atomic E-state index is -0.521. The third-order valence-electron chi connectivity index (χ3n) is 2.83. The largest absolute Gasteiger partial charge is 0.507 e. The predicted octanol–water partition coefficient (Wildman–Crippen LogP) is 2.78. The van der Waals surface area contributed by atoms with Crippen molar-refractivity contribution in [3.8, 4) is 5.75 Å². The molecule has 6 heteroatoms. The molecule has 0 aliphatic carbocycles. The van der Waals surface area contributed by atoms with E-state index in [0.29, 0.717) is 16.4 Å². The molecule has 4 N–H and O–H groups in total. The van der Waals surface area contributed by atoms with Gasteiger partial charge in [-0.15, -0.1) is 0 Å². The van der Waals surface area contributed by atoms with E-state index in [0.717, 1.165) is 5.56 Å². The Kier molecular flexibility index (Phi) is 4.45. The number of rotatable bonds is 3. The second-order valence-corrected chi connectivity index (χ2v) is 4.86. The third-order valence-corrected chi connectivity index (χ3v) is 3.07. The van der Waals surface area contributed by atoms with Crippen LogP contribution in [0.3, 0.4) is 0 Å². The molecule has 0 unspecified atom stereocenters. The highest BCUT2D eigenvalue weighted by molar-refractivity contribution is 6.30. The maximum Gasteiger partial charge on any atom is 0.275 e. The lowest BCUT2D eigenvalue weighted by Crippen LogP contribution is -2.19. The van der Waals surface area contributed by atoms with Crippen LogP contribution < -0.4 is 11.2 Å². The normalized spacial score (nSPS) is 11.2. The van der Waals surface area contributed by atoms with Crippen molar-refractivity contribution in [1.82, 2.24) is 5.43 Å². The molecule has 0 aromatic heterocycles. The Morgan fingerprint density at radius 1 is 1.29 bits per heavy atom. The molecule has 0 heterocycles. The van der Waals surface area contributed by atoms with Gasteiger partial charge in [0.05, 0.1) is 11.3 Å². The topological polar surface area (TPSA) is 87.7 Å². The lowest BCUT2D eigenvalue weighted by Gasteiger charge is -2.05. The maximum atomic E-state index is 11.9. The van der Waals surface area contributed by atoms with Crippen molar-refractivity contribution in [2.45, 2.75) is 6.92 Å².